The summed E-state index contributed by atoms with van der Waals surface area (Å²) >= 11 is 0. The highest BCUT2D eigenvalue weighted by Crippen LogP contribution is 2.30. The number of benzene rings is 1. The maximum absolute atomic E-state index is 11.8. The quantitative estimate of drug-likeness (QED) is 0.799. The Bertz CT molecular complexity index is 683. The molecule has 0 aliphatic rings. The molecular formula is C11H16ClNO5S2. The third-order valence-corrected chi connectivity index (χ3v) is 5.25. The third kappa shape index (κ3) is 4.84. The molecule has 1 rings (SSSR count). The van der Waals surface area contributed by atoms with Gasteiger partial charge in [0.15, 0.2) is 0 Å². The molecule has 0 aliphatic carbocycles. The van der Waals surface area contributed by atoms with E-state index in [1.807, 2.05) is 0 Å². The van der Waals surface area contributed by atoms with Crippen molar-refractivity contribution in [1.82, 2.24) is 0 Å². The van der Waals surface area contributed by atoms with Crippen LogP contribution in [0.2, 0.25) is 0 Å². The average molecular weight is 342 g/mol. The van der Waals surface area contributed by atoms with Crippen molar-refractivity contribution in [2.75, 3.05) is 17.6 Å². The summed E-state index contributed by atoms with van der Waals surface area (Å²) in [5.74, 6) is -0.0732. The van der Waals surface area contributed by atoms with Crippen LogP contribution in [0, 0.1) is 5.92 Å². The number of hydrogen-bond donors (Lipinski definition) is 1. The fourth-order valence-electron chi connectivity index (χ4n) is 1.59. The topological polar surface area (TPSA) is 89.5 Å². The van der Waals surface area contributed by atoms with Gasteiger partial charge in [-0.15, -0.1) is 0 Å². The van der Waals surface area contributed by atoms with Crippen molar-refractivity contribution in [3.63, 3.8) is 0 Å². The second-order valence-electron chi connectivity index (χ2n) is 4.58. The summed E-state index contributed by atoms with van der Waals surface area (Å²) in [4.78, 5) is -0.286. The maximum atomic E-state index is 11.8. The Hall–Kier alpha value is -0.990. The predicted molar refractivity (Wildman–Crippen MR) is 78.3 cm³/mol. The summed E-state index contributed by atoms with van der Waals surface area (Å²) in [5, 5.41) is 0. The van der Waals surface area contributed by atoms with Gasteiger partial charge in [0.2, 0.25) is 10.0 Å². The Morgan fingerprint density at radius 3 is 2.30 bits per heavy atom. The molecule has 0 heterocycles. The lowest BCUT2D eigenvalue weighted by atomic mass is 10.3. The second kappa shape index (κ2) is 6.19. The van der Waals surface area contributed by atoms with Gasteiger partial charge in [-0.3, -0.25) is 4.72 Å². The Labute approximate surface area is 123 Å². The first kappa shape index (κ1) is 17.1. The molecule has 1 aromatic carbocycles. The molecule has 9 heteroatoms. The number of methoxy groups -OCH3 is 1. The number of anilines is 1. The zero-order valence-electron chi connectivity index (χ0n) is 11.3. The smallest absolute Gasteiger partial charge is 0.265 e. The van der Waals surface area contributed by atoms with E-state index in [4.69, 9.17) is 15.4 Å². The Morgan fingerprint density at radius 1 is 1.25 bits per heavy atom. The summed E-state index contributed by atoms with van der Waals surface area (Å²) in [6, 6.07) is 3.86. The van der Waals surface area contributed by atoms with Crippen LogP contribution in [0.3, 0.4) is 0 Å². The molecule has 0 bridgehead atoms. The Balaban J connectivity index is 3.17. The first-order chi connectivity index (χ1) is 9.05. The third-order valence-electron chi connectivity index (χ3n) is 2.25. The first-order valence-corrected chi connectivity index (χ1v) is 9.64. The molecule has 0 aromatic heterocycles. The number of halogens is 1. The highest BCUT2D eigenvalue weighted by atomic mass is 35.7. The number of rotatable bonds is 6. The maximum Gasteiger partial charge on any atom is 0.265 e. The van der Waals surface area contributed by atoms with Crippen molar-refractivity contribution in [2.24, 2.45) is 5.92 Å². The zero-order chi connectivity index (χ0) is 15.6. The van der Waals surface area contributed by atoms with Gasteiger partial charge in [-0.05, 0) is 24.1 Å². The van der Waals surface area contributed by atoms with Gasteiger partial charge < -0.3 is 4.74 Å². The van der Waals surface area contributed by atoms with E-state index in [0.29, 0.717) is 0 Å². The normalized spacial score (nSPS) is 12.4. The Kier molecular flexibility index (Phi) is 5.28. The van der Waals surface area contributed by atoms with Crippen LogP contribution in [-0.2, 0) is 19.1 Å². The van der Waals surface area contributed by atoms with E-state index in [1.165, 1.54) is 19.2 Å². The van der Waals surface area contributed by atoms with Gasteiger partial charge in [0.25, 0.3) is 9.05 Å². The molecule has 0 radical (unpaired) electrons. The van der Waals surface area contributed by atoms with Crippen molar-refractivity contribution in [3.8, 4) is 5.75 Å². The van der Waals surface area contributed by atoms with E-state index in [2.05, 4.69) is 4.72 Å². The van der Waals surface area contributed by atoms with Crippen molar-refractivity contribution in [2.45, 2.75) is 18.7 Å². The zero-order valence-corrected chi connectivity index (χ0v) is 13.6. The minimum Gasteiger partial charge on any atom is -0.495 e. The van der Waals surface area contributed by atoms with Gasteiger partial charge in [-0.2, -0.15) is 0 Å². The van der Waals surface area contributed by atoms with Crippen LogP contribution < -0.4 is 9.46 Å². The first-order valence-electron chi connectivity index (χ1n) is 5.68. The van der Waals surface area contributed by atoms with Gasteiger partial charge in [0.05, 0.1) is 18.6 Å². The van der Waals surface area contributed by atoms with Crippen molar-refractivity contribution in [1.29, 1.82) is 0 Å². The van der Waals surface area contributed by atoms with E-state index in [9.17, 15) is 16.8 Å². The molecule has 0 atom stereocenters. The molecule has 0 aliphatic heterocycles. The molecular weight excluding hydrogens is 326 g/mol. The molecule has 1 aromatic rings. The highest BCUT2D eigenvalue weighted by Gasteiger charge is 2.19. The standard InChI is InChI=1S/C11H16ClNO5S2/c1-8(2)7-19(14,15)13-9-4-5-10(18-3)11(6-9)20(12,16)17/h4-6,8,13H,7H2,1-3H3. The van der Waals surface area contributed by atoms with Crippen molar-refractivity contribution >= 4 is 35.4 Å². The minimum absolute atomic E-state index is 0.0480. The van der Waals surface area contributed by atoms with Crippen molar-refractivity contribution in [3.05, 3.63) is 18.2 Å². The molecule has 0 amide bonds. The lowest BCUT2D eigenvalue weighted by molar-refractivity contribution is 0.403. The fourth-order valence-corrected chi connectivity index (χ4v) is 4.06. The molecule has 20 heavy (non-hydrogen) atoms. The van der Waals surface area contributed by atoms with Crippen LogP contribution in [0.25, 0.3) is 0 Å². The largest absolute Gasteiger partial charge is 0.495 e. The number of sulfonamides is 1. The summed E-state index contributed by atoms with van der Waals surface area (Å²) in [5.41, 5.74) is 0.116. The number of ether oxygens (including phenoxy) is 1. The molecule has 0 fully saturated rings. The average Bonchev–Trinajstić information content (AvgIpc) is 2.25. The monoisotopic (exact) mass is 341 g/mol. The van der Waals surface area contributed by atoms with Gasteiger partial charge in [-0.25, -0.2) is 16.8 Å². The van der Waals surface area contributed by atoms with Crippen molar-refractivity contribution < 1.29 is 21.6 Å². The molecule has 0 saturated carbocycles. The Morgan fingerprint density at radius 2 is 1.85 bits per heavy atom. The molecule has 0 saturated heterocycles. The van der Waals surface area contributed by atoms with E-state index in [-0.39, 0.29) is 28.0 Å². The summed E-state index contributed by atoms with van der Waals surface area (Å²) in [7, 11) is -0.999. The molecule has 114 valence electrons. The lowest BCUT2D eigenvalue weighted by Crippen LogP contribution is -2.20. The molecule has 0 spiro atoms. The molecule has 1 N–H and O–H groups in total. The van der Waals surface area contributed by atoms with Gasteiger partial charge >= 0.3 is 0 Å². The second-order valence-corrected chi connectivity index (χ2v) is 8.88. The van der Waals surface area contributed by atoms with E-state index in [0.717, 1.165) is 6.07 Å². The van der Waals surface area contributed by atoms with Crippen LogP contribution in [0.15, 0.2) is 23.1 Å². The summed E-state index contributed by atoms with van der Waals surface area (Å²) in [6.07, 6.45) is 0. The summed E-state index contributed by atoms with van der Waals surface area (Å²) in [6.45, 7) is 3.53. The van der Waals surface area contributed by atoms with Gasteiger partial charge in [0, 0.05) is 10.7 Å². The summed E-state index contributed by atoms with van der Waals surface area (Å²) < 4.78 is 53.6. The van der Waals surface area contributed by atoms with E-state index >= 15 is 0 Å². The fraction of sp³-hybridized carbons (Fsp3) is 0.455. The van der Waals surface area contributed by atoms with Crippen LogP contribution >= 0.6 is 10.7 Å². The molecule has 6 nitrogen and oxygen atoms in total. The van der Waals surface area contributed by atoms with E-state index in [1.54, 1.807) is 13.8 Å². The predicted octanol–water partition coefficient (Wildman–Crippen LogP) is 2.02. The number of nitrogens with one attached hydrogen (secondary N) is 1. The van der Waals surface area contributed by atoms with Crippen LogP contribution in [-0.4, -0.2) is 29.7 Å². The van der Waals surface area contributed by atoms with Crippen LogP contribution in [0.5, 0.6) is 5.75 Å². The minimum atomic E-state index is -4.03. The van der Waals surface area contributed by atoms with Crippen LogP contribution in [0.1, 0.15) is 13.8 Å². The van der Waals surface area contributed by atoms with Crippen LogP contribution in [0.4, 0.5) is 5.69 Å². The number of hydrogen-bond acceptors (Lipinski definition) is 5. The van der Waals surface area contributed by atoms with Gasteiger partial charge in [0.1, 0.15) is 10.6 Å². The van der Waals surface area contributed by atoms with Gasteiger partial charge in [-0.1, -0.05) is 13.8 Å². The molecule has 0 unspecified atom stereocenters. The SMILES string of the molecule is COc1ccc(NS(=O)(=O)CC(C)C)cc1S(=O)(=O)Cl. The highest BCUT2D eigenvalue weighted by molar-refractivity contribution is 8.13. The van der Waals surface area contributed by atoms with E-state index < -0.39 is 19.1 Å². The lowest BCUT2D eigenvalue weighted by Gasteiger charge is -2.12.